The molecule has 3 aromatic carbocycles. The van der Waals surface area contributed by atoms with Gasteiger partial charge in [-0.05, 0) is 51.5 Å². The number of carbonyl (C=O) groups excluding carboxylic acids is 5. The fraction of sp³-hybridized carbons (Fsp3) is 0.333. The summed E-state index contributed by atoms with van der Waals surface area (Å²) in [6, 6.07) is 21.0. The zero-order chi connectivity index (χ0) is 41.8. The summed E-state index contributed by atoms with van der Waals surface area (Å²) in [5.74, 6) is -2.20. The van der Waals surface area contributed by atoms with Gasteiger partial charge in [0, 0.05) is 41.8 Å². The fourth-order valence-corrected chi connectivity index (χ4v) is 7.95. The topological polar surface area (TPSA) is 199 Å². The Morgan fingerprint density at radius 3 is 2.33 bits per heavy atom. The number of ether oxygens (including phenoxy) is 3. The van der Waals surface area contributed by atoms with Crippen LogP contribution in [0.4, 0.5) is 4.79 Å². The van der Waals surface area contributed by atoms with Gasteiger partial charge in [0.15, 0.2) is 0 Å². The van der Waals surface area contributed by atoms with Crippen LogP contribution in [0.25, 0.3) is 22.2 Å². The number of hydrogen-bond acceptors (Lipinski definition) is 11. The number of benzene rings is 3. The molecule has 3 N–H and O–H groups in total. The molecule has 0 spiro atoms. The van der Waals surface area contributed by atoms with Crippen LogP contribution >= 0.6 is 0 Å². The van der Waals surface area contributed by atoms with Crippen LogP contribution < -0.4 is 24.8 Å². The van der Waals surface area contributed by atoms with E-state index >= 15 is 0 Å². The van der Waals surface area contributed by atoms with Gasteiger partial charge in [0.05, 0.1) is 29.8 Å². The van der Waals surface area contributed by atoms with Gasteiger partial charge in [-0.1, -0.05) is 54.6 Å². The molecule has 2 heterocycles. The predicted octanol–water partition coefficient (Wildman–Crippen LogP) is 4.31. The van der Waals surface area contributed by atoms with Crippen molar-refractivity contribution in [2.24, 2.45) is 5.92 Å². The Labute approximate surface area is 336 Å². The quantitative estimate of drug-likeness (QED) is 0.121. The fourth-order valence-electron chi connectivity index (χ4n) is 6.89. The third kappa shape index (κ3) is 9.12. The molecule has 15 nitrogen and oxygen atoms in total. The third-order valence-electron chi connectivity index (χ3n) is 9.84. The standard InChI is InChI=1S/C42H45N5O10S/c1-6-27-24-42(27,39(51)46-58(53,54)30-15-11-8-12-16-30)45-37(49)35-22-29(25-47(35)38(50)32(19-20-48)44-40(52)57-41(2,3)4)56-36-23-33(26-13-9-7-10-14-26)43-34-21-28(55-5)17-18-31(34)36/h6-18,20-21,23,27,29,32,35H,1,19,22,24-25H2,2-5H3,(H,44,52)(H,45,49)(H,46,51)/t27-,29-,32?,35+,42-/m1/s1. The van der Waals surface area contributed by atoms with E-state index in [1.807, 2.05) is 30.3 Å². The monoisotopic (exact) mass is 811 g/mol. The molecule has 1 aliphatic carbocycles. The van der Waals surface area contributed by atoms with E-state index in [-0.39, 0.29) is 24.3 Å². The first-order chi connectivity index (χ1) is 27.6. The molecule has 2 aliphatic rings. The first-order valence-corrected chi connectivity index (χ1v) is 20.1. The molecular weight excluding hydrogens is 767 g/mol. The summed E-state index contributed by atoms with van der Waals surface area (Å²) in [6.07, 6.45) is -0.348. The second-order valence-electron chi connectivity index (χ2n) is 15.1. The number of alkyl carbamates (subject to hydrolysis) is 1. The maximum absolute atomic E-state index is 14.4. The molecule has 2 fully saturated rings. The van der Waals surface area contributed by atoms with Gasteiger partial charge < -0.3 is 34.5 Å². The number of rotatable bonds is 14. The molecular formula is C42H45N5O10S. The first kappa shape index (κ1) is 41.3. The molecule has 1 aliphatic heterocycles. The van der Waals surface area contributed by atoms with E-state index in [0.29, 0.717) is 34.4 Å². The SMILES string of the molecule is C=C[C@@H]1C[C@]1(NC(=O)[C@@H]1C[C@@H](Oc2cc(-c3ccccc3)nc3cc(OC)ccc23)CN1C(=O)C(CC=O)NC(=O)OC(C)(C)C)C(=O)NS(=O)(=O)c1ccccc1. The Balaban J connectivity index is 1.33. The summed E-state index contributed by atoms with van der Waals surface area (Å²) in [7, 11) is -2.77. The van der Waals surface area contributed by atoms with Crippen LogP contribution in [0.15, 0.2) is 102 Å². The van der Waals surface area contributed by atoms with Gasteiger partial charge >= 0.3 is 6.09 Å². The van der Waals surface area contributed by atoms with Gasteiger partial charge in [-0.3, -0.25) is 14.4 Å². The van der Waals surface area contributed by atoms with Crippen LogP contribution in [0.2, 0.25) is 0 Å². The molecule has 6 rings (SSSR count). The molecule has 0 bridgehead atoms. The number of likely N-dealkylation sites (tertiary alicyclic amines) is 1. The van der Waals surface area contributed by atoms with Gasteiger partial charge in [-0.2, -0.15) is 0 Å². The number of carbonyl (C=O) groups is 5. The first-order valence-electron chi connectivity index (χ1n) is 18.6. The Kier molecular flexibility index (Phi) is 11.9. The van der Waals surface area contributed by atoms with Crippen molar-refractivity contribution in [3.8, 4) is 22.8 Å². The molecule has 4 aromatic rings. The predicted molar refractivity (Wildman–Crippen MR) is 213 cm³/mol. The van der Waals surface area contributed by atoms with Crippen molar-refractivity contribution in [2.45, 2.75) is 74.3 Å². The van der Waals surface area contributed by atoms with Crippen molar-refractivity contribution >= 4 is 51.0 Å². The van der Waals surface area contributed by atoms with E-state index in [1.165, 1.54) is 35.2 Å². The number of nitrogens with one attached hydrogen (secondary N) is 3. The van der Waals surface area contributed by atoms with Crippen molar-refractivity contribution in [3.63, 3.8) is 0 Å². The lowest BCUT2D eigenvalue weighted by molar-refractivity contribution is -0.141. The number of sulfonamides is 1. The highest BCUT2D eigenvalue weighted by atomic mass is 32.2. The van der Waals surface area contributed by atoms with Crippen LogP contribution in [0.5, 0.6) is 11.5 Å². The average molecular weight is 812 g/mol. The van der Waals surface area contributed by atoms with E-state index in [2.05, 4.69) is 21.9 Å². The maximum atomic E-state index is 14.4. The molecule has 58 heavy (non-hydrogen) atoms. The van der Waals surface area contributed by atoms with E-state index in [9.17, 15) is 32.4 Å². The summed E-state index contributed by atoms with van der Waals surface area (Å²) in [4.78, 5) is 72.9. The number of fused-ring (bicyclic) bond motifs is 1. The summed E-state index contributed by atoms with van der Waals surface area (Å²) in [6.45, 7) is 8.50. The van der Waals surface area contributed by atoms with Crippen molar-refractivity contribution in [2.75, 3.05) is 13.7 Å². The van der Waals surface area contributed by atoms with Crippen LogP contribution in [0.3, 0.4) is 0 Å². The number of aldehydes is 1. The van der Waals surface area contributed by atoms with Gasteiger partial charge in [-0.15, -0.1) is 6.58 Å². The zero-order valence-corrected chi connectivity index (χ0v) is 33.3. The van der Waals surface area contributed by atoms with Gasteiger partial charge in [0.2, 0.25) is 11.8 Å². The summed E-state index contributed by atoms with van der Waals surface area (Å²) in [5.41, 5.74) is -0.658. The minimum absolute atomic E-state index is 0.0433. The second-order valence-corrected chi connectivity index (χ2v) is 16.8. The molecule has 1 saturated carbocycles. The number of nitrogens with zero attached hydrogens (tertiary/aromatic N) is 2. The summed E-state index contributed by atoms with van der Waals surface area (Å²) >= 11 is 0. The average Bonchev–Trinajstić information content (AvgIpc) is 3.75. The Bertz CT molecular complexity index is 2330. The number of aromatic nitrogens is 1. The van der Waals surface area contributed by atoms with E-state index in [4.69, 9.17) is 19.2 Å². The summed E-state index contributed by atoms with van der Waals surface area (Å²) < 4.78 is 45.8. The van der Waals surface area contributed by atoms with E-state index in [0.717, 1.165) is 5.56 Å². The molecule has 0 radical (unpaired) electrons. The van der Waals surface area contributed by atoms with E-state index in [1.54, 1.807) is 58.2 Å². The summed E-state index contributed by atoms with van der Waals surface area (Å²) in [5, 5.41) is 5.80. The molecule has 16 heteroatoms. The highest BCUT2D eigenvalue weighted by Gasteiger charge is 2.61. The number of hydrogen-bond donors (Lipinski definition) is 3. The van der Waals surface area contributed by atoms with Crippen LogP contribution in [0, 0.1) is 5.92 Å². The lowest BCUT2D eigenvalue weighted by atomic mass is 10.1. The van der Waals surface area contributed by atoms with Crippen molar-refractivity contribution in [3.05, 3.63) is 97.6 Å². The molecule has 1 unspecified atom stereocenters. The van der Waals surface area contributed by atoms with Gasteiger partial charge in [-0.25, -0.2) is 22.9 Å². The molecule has 5 atom stereocenters. The number of methoxy groups -OCH3 is 1. The molecule has 1 aromatic heterocycles. The minimum atomic E-state index is -4.31. The Hall–Kier alpha value is -6.29. The number of pyridine rings is 1. The minimum Gasteiger partial charge on any atom is -0.497 e. The largest absolute Gasteiger partial charge is 0.497 e. The zero-order valence-electron chi connectivity index (χ0n) is 32.5. The highest BCUT2D eigenvalue weighted by Crippen LogP contribution is 2.45. The highest BCUT2D eigenvalue weighted by molar-refractivity contribution is 7.90. The molecule has 304 valence electrons. The van der Waals surface area contributed by atoms with Crippen LogP contribution in [-0.4, -0.2) is 91.4 Å². The van der Waals surface area contributed by atoms with Crippen LogP contribution in [0.1, 0.15) is 40.0 Å². The molecule has 4 amide bonds. The Morgan fingerprint density at radius 1 is 1.02 bits per heavy atom. The van der Waals surface area contributed by atoms with Crippen molar-refractivity contribution in [1.29, 1.82) is 0 Å². The van der Waals surface area contributed by atoms with Crippen LogP contribution in [-0.2, 0) is 33.9 Å². The van der Waals surface area contributed by atoms with Gasteiger partial charge in [0.1, 0.15) is 47.1 Å². The van der Waals surface area contributed by atoms with Gasteiger partial charge in [0.25, 0.3) is 15.9 Å². The maximum Gasteiger partial charge on any atom is 0.408 e. The number of amides is 4. The smallest absolute Gasteiger partial charge is 0.408 e. The normalized spacial score (nSPS) is 20.6. The molecule has 1 saturated heterocycles. The van der Waals surface area contributed by atoms with Crippen molar-refractivity contribution < 1.29 is 46.6 Å². The lowest BCUT2D eigenvalue weighted by Gasteiger charge is -2.29. The third-order valence-corrected chi connectivity index (χ3v) is 11.2. The Morgan fingerprint density at radius 2 is 1.71 bits per heavy atom. The van der Waals surface area contributed by atoms with E-state index < -0.39 is 75.5 Å². The van der Waals surface area contributed by atoms with Crippen molar-refractivity contribution in [1.82, 2.24) is 25.2 Å². The second kappa shape index (κ2) is 16.7. The lowest BCUT2D eigenvalue weighted by Crippen LogP contribution is -2.58.